The Balaban J connectivity index is 2.76. The molecule has 4 N–H and O–H groups in total. The van der Waals surface area contributed by atoms with Gasteiger partial charge in [0, 0.05) is 18.5 Å². The number of carbonyl (C=O) groups excluding carboxylic acids is 1. The molecule has 0 radical (unpaired) electrons. The highest BCUT2D eigenvalue weighted by atomic mass is 16.2. The average Bonchev–Trinajstić information content (AvgIpc) is 2.28. The Morgan fingerprint density at radius 2 is 2.19 bits per heavy atom. The predicted molar refractivity (Wildman–Crippen MR) is 61.4 cm³/mol. The van der Waals surface area contributed by atoms with Crippen molar-refractivity contribution in [1.29, 1.82) is 0 Å². The van der Waals surface area contributed by atoms with Crippen molar-refractivity contribution in [2.24, 2.45) is 5.73 Å². The lowest BCUT2D eigenvalue weighted by Gasteiger charge is -2.04. The minimum absolute atomic E-state index is 0.0503. The van der Waals surface area contributed by atoms with Crippen molar-refractivity contribution >= 4 is 6.03 Å². The summed E-state index contributed by atoms with van der Waals surface area (Å²) in [7, 11) is 0. The standard InChI is InChI=1S/C12H14N2O2/c13-12(16)14-9-11-7-2-1-5-10(11)6-3-4-8-15/h1-2,5,7,15H,4,8-9H2,(H3,13,14,16). The summed E-state index contributed by atoms with van der Waals surface area (Å²) in [6, 6.07) is 6.92. The van der Waals surface area contributed by atoms with E-state index in [0.29, 0.717) is 13.0 Å². The summed E-state index contributed by atoms with van der Waals surface area (Å²) >= 11 is 0. The quantitative estimate of drug-likeness (QED) is 0.649. The number of amides is 2. The van der Waals surface area contributed by atoms with Crippen LogP contribution in [-0.4, -0.2) is 17.7 Å². The van der Waals surface area contributed by atoms with Gasteiger partial charge in [0.05, 0.1) is 6.61 Å². The Hall–Kier alpha value is -1.99. The van der Waals surface area contributed by atoms with Gasteiger partial charge in [0.1, 0.15) is 0 Å². The summed E-state index contributed by atoms with van der Waals surface area (Å²) < 4.78 is 0. The first kappa shape index (κ1) is 12.1. The SMILES string of the molecule is NC(=O)NCc1ccccc1C#CCCO. The second-order valence-corrected chi connectivity index (χ2v) is 3.15. The van der Waals surface area contributed by atoms with Crippen LogP contribution in [0.2, 0.25) is 0 Å². The molecule has 16 heavy (non-hydrogen) atoms. The molecular weight excluding hydrogens is 204 g/mol. The molecule has 0 saturated heterocycles. The second-order valence-electron chi connectivity index (χ2n) is 3.15. The van der Waals surface area contributed by atoms with Crippen LogP contribution in [-0.2, 0) is 6.54 Å². The minimum Gasteiger partial charge on any atom is -0.395 e. The minimum atomic E-state index is -0.557. The number of urea groups is 1. The average molecular weight is 218 g/mol. The van der Waals surface area contributed by atoms with Crippen LogP contribution < -0.4 is 11.1 Å². The highest BCUT2D eigenvalue weighted by Crippen LogP contribution is 2.06. The van der Waals surface area contributed by atoms with Gasteiger partial charge in [0.25, 0.3) is 0 Å². The summed E-state index contributed by atoms with van der Waals surface area (Å²) in [5.41, 5.74) is 6.74. The van der Waals surface area contributed by atoms with Gasteiger partial charge in [-0.3, -0.25) is 0 Å². The molecule has 0 heterocycles. The first-order valence-electron chi connectivity index (χ1n) is 4.95. The fourth-order valence-corrected chi connectivity index (χ4v) is 1.19. The number of primary amides is 1. The van der Waals surface area contributed by atoms with Crippen LogP contribution >= 0.6 is 0 Å². The smallest absolute Gasteiger partial charge is 0.312 e. The van der Waals surface area contributed by atoms with Crippen molar-refractivity contribution < 1.29 is 9.90 Å². The normalized spacial score (nSPS) is 9.06. The molecule has 0 aliphatic rings. The molecule has 0 unspecified atom stereocenters. The summed E-state index contributed by atoms with van der Waals surface area (Å²) in [6.07, 6.45) is 0.442. The molecule has 2 amide bonds. The van der Waals surface area contributed by atoms with E-state index in [-0.39, 0.29) is 6.61 Å². The van der Waals surface area contributed by atoms with Crippen LogP contribution in [0.15, 0.2) is 24.3 Å². The number of carbonyl (C=O) groups is 1. The Morgan fingerprint density at radius 1 is 1.44 bits per heavy atom. The molecule has 1 rings (SSSR count). The molecule has 0 aliphatic carbocycles. The third-order valence-corrected chi connectivity index (χ3v) is 1.93. The lowest BCUT2D eigenvalue weighted by Crippen LogP contribution is -2.28. The fourth-order valence-electron chi connectivity index (χ4n) is 1.19. The molecular formula is C12H14N2O2. The molecule has 0 aliphatic heterocycles. The summed E-state index contributed by atoms with van der Waals surface area (Å²) in [5.74, 6) is 5.77. The summed E-state index contributed by atoms with van der Waals surface area (Å²) in [6.45, 7) is 0.411. The molecule has 4 nitrogen and oxygen atoms in total. The lowest BCUT2D eigenvalue weighted by atomic mass is 10.1. The monoisotopic (exact) mass is 218 g/mol. The van der Waals surface area contributed by atoms with Crippen LogP contribution in [0.4, 0.5) is 4.79 Å². The van der Waals surface area contributed by atoms with E-state index in [1.807, 2.05) is 24.3 Å². The Kier molecular flexibility index (Phi) is 4.90. The fraction of sp³-hybridized carbons (Fsp3) is 0.250. The van der Waals surface area contributed by atoms with E-state index < -0.39 is 6.03 Å². The van der Waals surface area contributed by atoms with Crippen molar-refractivity contribution in [3.8, 4) is 11.8 Å². The number of aliphatic hydroxyl groups excluding tert-OH is 1. The lowest BCUT2D eigenvalue weighted by molar-refractivity contribution is 0.248. The highest BCUT2D eigenvalue weighted by Gasteiger charge is 1.99. The maximum absolute atomic E-state index is 10.6. The maximum atomic E-state index is 10.6. The zero-order valence-corrected chi connectivity index (χ0v) is 8.86. The first-order chi connectivity index (χ1) is 7.74. The van der Waals surface area contributed by atoms with Crippen molar-refractivity contribution in [2.45, 2.75) is 13.0 Å². The number of nitrogens with one attached hydrogen (secondary N) is 1. The van der Waals surface area contributed by atoms with Crippen LogP contribution in [0.1, 0.15) is 17.5 Å². The van der Waals surface area contributed by atoms with Gasteiger partial charge >= 0.3 is 6.03 Å². The Labute approximate surface area is 94.5 Å². The zero-order valence-electron chi connectivity index (χ0n) is 8.86. The zero-order chi connectivity index (χ0) is 11.8. The third-order valence-electron chi connectivity index (χ3n) is 1.93. The number of hydrogen-bond donors (Lipinski definition) is 3. The number of hydrogen-bond acceptors (Lipinski definition) is 2. The molecule has 0 bridgehead atoms. The second kappa shape index (κ2) is 6.49. The summed E-state index contributed by atoms with van der Waals surface area (Å²) in [4.78, 5) is 10.6. The molecule has 0 aromatic heterocycles. The molecule has 1 aromatic carbocycles. The van der Waals surface area contributed by atoms with Gasteiger partial charge in [0.2, 0.25) is 0 Å². The first-order valence-corrected chi connectivity index (χ1v) is 4.95. The van der Waals surface area contributed by atoms with E-state index in [2.05, 4.69) is 17.2 Å². The number of aliphatic hydroxyl groups is 1. The van der Waals surface area contributed by atoms with Crippen LogP contribution in [0, 0.1) is 11.8 Å². The van der Waals surface area contributed by atoms with E-state index in [1.165, 1.54) is 0 Å². The number of nitrogens with two attached hydrogens (primary N) is 1. The van der Waals surface area contributed by atoms with E-state index in [0.717, 1.165) is 11.1 Å². The topological polar surface area (TPSA) is 75.4 Å². The van der Waals surface area contributed by atoms with Crippen molar-refractivity contribution in [3.05, 3.63) is 35.4 Å². The van der Waals surface area contributed by atoms with Gasteiger partial charge in [-0.15, -0.1) is 0 Å². The van der Waals surface area contributed by atoms with Crippen molar-refractivity contribution in [1.82, 2.24) is 5.32 Å². The van der Waals surface area contributed by atoms with Crippen LogP contribution in [0.25, 0.3) is 0 Å². The number of benzene rings is 1. The van der Waals surface area contributed by atoms with Gasteiger partial charge in [-0.25, -0.2) is 4.79 Å². The molecule has 84 valence electrons. The van der Waals surface area contributed by atoms with Crippen LogP contribution in [0.3, 0.4) is 0 Å². The highest BCUT2D eigenvalue weighted by molar-refractivity contribution is 5.71. The van der Waals surface area contributed by atoms with Crippen molar-refractivity contribution in [2.75, 3.05) is 6.61 Å². The van der Waals surface area contributed by atoms with Crippen LogP contribution in [0.5, 0.6) is 0 Å². The maximum Gasteiger partial charge on any atom is 0.312 e. The molecule has 0 atom stereocenters. The molecule has 4 heteroatoms. The van der Waals surface area contributed by atoms with E-state index in [1.54, 1.807) is 0 Å². The third kappa shape index (κ3) is 4.03. The summed E-state index contributed by atoms with van der Waals surface area (Å²) in [5, 5.41) is 11.1. The van der Waals surface area contributed by atoms with Gasteiger partial charge < -0.3 is 16.2 Å². The van der Waals surface area contributed by atoms with Crippen molar-refractivity contribution in [3.63, 3.8) is 0 Å². The van der Waals surface area contributed by atoms with E-state index in [4.69, 9.17) is 10.8 Å². The van der Waals surface area contributed by atoms with Gasteiger partial charge in [-0.1, -0.05) is 30.0 Å². The molecule has 1 aromatic rings. The molecule has 0 spiro atoms. The molecule has 0 saturated carbocycles. The van der Waals surface area contributed by atoms with E-state index >= 15 is 0 Å². The van der Waals surface area contributed by atoms with Gasteiger partial charge in [-0.2, -0.15) is 0 Å². The Bertz CT molecular complexity index is 419. The van der Waals surface area contributed by atoms with Gasteiger partial charge in [0.15, 0.2) is 0 Å². The van der Waals surface area contributed by atoms with Gasteiger partial charge in [-0.05, 0) is 11.6 Å². The predicted octanol–water partition coefficient (Wildman–Crippen LogP) is 0.589. The largest absolute Gasteiger partial charge is 0.395 e. The molecule has 0 fully saturated rings. The Morgan fingerprint density at radius 3 is 2.88 bits per heavy atom. The van der Waals surface area contributed by atoms with E-state index in [9.17, 15) is 4.79 Å². The number of rotatable bonds is 3.